The number of rotatable bonds is 6. The maximum Gasteiger partial charge on any atom is 0.0931 e. The Labute approximate surface area is 110 Å². The van der Waals surface area contributed by atoms with E-state index in [9.17, 15) is 0 Å². The highest BCUT2D eigenvalue weighted by molar-refractivity contribution is 7.16. The molecule has 2 aromatic rings. The summed E-state index contributed by atoms with van der Waals surface area (Å²) in [4.78, 5) is 1.23. The molecule has 0 amide bonds. The lowest BCUT2D eigenvalue weighted by atomic mass is 10.4. The monoisotopic (exact) mass is 269 g/mol. The molecule has 0 saturated heterocycles. The molecule has 0 unspecified atom stereocenters. The number of aromatic nitrogens is 2. The molecule has 2 rings (SSSR count). The van der Waals surface area contributed by atoms with E-state index < -0.39 is 0 Å². The highest BCUT2D eigenvalue weighted by Gasteiger charge is 2.02. The summed E-state index contributed by atoms with van der Waals surface area (Å²) >= 11 is 7.50. The van der Waals surface area contributed by atoms with Gasteiger partial charge in [-0.05, 0) is 31.2 Å². The van der Waals surface area contributed by atoms with Gasteiger partial charge in [0.05, 0.1) is 16.6 Å². The third kappa shape index (κ3) is 3.84. The first kappa shape index (κ1) is 12.6. The summed E-state index contributed by atoms with van der Waals surface area (Å²) in [5, 5.41) is 7.84. The van der Waals surface area contributed by atoms with Crippen molar-refractivity contribution >= 4 is 22.9 Å². The Hall–Kier alpha value is -0.840. The van der Waals surface area contributed by atoms with Gasteiger partial charge in [0.25, 0.3) is 0 Å². The highest BCUT2D eigenvalue weighted by atomic mass is 35.5. The van der Waals surface area contributed by atoms with Crippen molar-refractivity contribution in [1.82, 2.24) is 15.1 Å². The lowest BCUT2D eigenvalue weighted by Gasteiger charge is -2.00. The van der Waals surface area contributed by atoms with Crippen LogP contribution in [0.25, 0.3) is 0 Å². The van der Waals surface area contributed by atoms with Gasteiger partial charge < -0.3 is 5.32 Å². The van der Waals surface area contributed by atoms with Crippen molar-refractivity contribution in [3.63, 3.8) is 0 Å². The SMILES string of the molecule is CCCNCc1ccn(Cc2ccc(Cl)s2)n1. The molecule has 0 fully saturated rings. The molecule has 0 saturated carbocycles. The zero-order valence-corrected chi connectivity index (χ0v) is 11.4. The van der Waals surface area contributed by atoms with Gasteiger partial charge in [0.15, 0.2) is 0 Å². The Bertz CT molecular complexity index is 464. The van der Waals surface area contributed by atoms with Crippen LogP contribution in [-0.4, -0.2) is 16.3 Å². The van der Waals surface area contributed by atoms with Gasteiger partial charge in [0.2, 0.25) is 0 Å². The molecule has 2 aromatic heterocycles. The maximum absolute atomic E-state index is 5.90. The van der Waals surface area contributed by atoms with Crippen LogP contribution >= 0.6 is 22.9 Å². The molecule has 0 atom stereocenters. The van der Waals surface area contributed by atoms with E-state index in [-0.39, 0.29) is 0 Å². The minimum Gasteiger partial charge on any atom is -0.311 e. The van der Waals surface area contributed by atoms with Gasteiger partial charge in [0.1, 0.15) is 0 Å². The van der Waals surface area contributed by atoms with E-state index in [0.717, 1.165) is 36.1 Å². The van der Waals surface area contributed by atoms with Gasteiger partial charge in [-0.25, -0.2) is 0 Å². The Balaban J connectivity index is 1.89. The predicted octanol–water partition coefficient (Wildman–Crippen LogP) is 3.15. The van der Waals surface area contributed by atoms with E-state index >= 15 is 0 Å². The molecule has 3 nitrogen and oxygen atoms in total. The Morgan fingerprint density at radius 2 is 2.29 bits per heavy atom. The van der Waals surface area contributed by atoms with Gasteiger partial charge in [-0.2, -0.15) is 5.10 Å². The van der Waals surface area contributed by atoms with E-state index in [0.29, 0.717) is 0 Å². The zero-order chi connectivity index (χ0) is 12.1. The molecule has 0 spiro atoms. The molecule has 5 heteroatoms. The van der Waals surface area contributed by atoms with Crippen molar-refractivity contribution in [2.24, 2.45) is 0 Å². The second-order valence-electron chi connectivity index (χ2n) is 3.89. The summed E-state index contributed by atoms with van der Waals surface area (Å²) in [6.07, 6.45) is 3.16. The van der Waals surface area contributed by atoms with Gasteiger partial charge in [0, 0.05) is 17.6 Å². The average molecular weight is 270 g/mol. The first-order chi connectivity index (χ1) is 8.28. The van der Waals surface area contributed by atoms with E-state index in [1.165, 1.54) is 4.88 Å². The van der Waals surface area contributed by atoms with E-state index in [1.807, 2.05) is 23.0 Å². The van der Waals surface area contributed by atoms with Gasteiger partial charge >= 0.3 is 0 Å². The van der Waals surface area contributed by atoms with Gasteiger partial charge in [-0.1, -0.05) is 18.5 Å². The molecule has 0 radical (unpaired) electrons. The molecule has 92 valence electrons. The molecule has 17 heavy (non-hydrogen) atoms. The minimum atomic E-state index is 0.797. The second-order valence-corrected chi connectivity index (χ2v) is 5.69. The molecule has 0 aliphatic heterocycles. The Morgan fingerprint density at radius 1 is 1.41 bits per heavy atom. The zero-order valence-electron chi connectivity index (χ0n) is 9.82. The van der Waals surface area contributed by atoms with E-state index in [1.54, 1.807) is 11.3 Å². The van der Waals surface area contributed by atoms with Crippen LogP contribution in [0, 0.1) is 0 Å². The summed E-state index contributed by atoms with van der Waals surface area (Å²) in [5.41, 5.74) is 1.08. The summed E-state index contributed by atoms with van der Waals surface area (Å²) in [6.45, 7) is 4.83. The molecule has 0 aliphatic carbocycles. The third-order valence-corrected chi connectivity index (χ3v) is 3.59. The summed E-state index contributed by atoms with van der Waals surface area (Å²) in [6, 6.07) is 6.02. The van der Waals surface area contributed by atoms with Crippen LogP contribution in [0.1, 0.15) is 23.9 Å². The number of nitrogens with zero attached hydrogens (tertiary/aromatic N) is 2. The first-order valence-corrected chi connectivity index (χ1v) is 6.94. The predicted molar refractivity (Wildman–Crippen MR) is 72.7 cm³/mol. The van der Waals surface area contributed by atoms with Gasteiger partial charge in [-0.15, -0.1) is 11.3 Å². The maximum atomic E-state index is 5.90. The van der Waals surface area contributed by atoms with Crippen molar-refractivity contribution < 1.29 is 0 Å². The molecule has 0 aliphatic rings. The number of hydrogen-bond donors (Lipinski definition) is 1. The van der Waals surface area contributed by atoms with E-state index in [2.05, 4.69) is 23.4 Å². The summed E-state index contributed by atoms with van der Waals surface area (Å²) in [5.74, 6) is 0. The van der Waals surface area contributed by atoms with Crippen LogP contribution in [0.5, 0.6) is 0 Å². The fourth-order valence-electron chi connectivity index (χ4n) is 1.58. The summed E-state index contributed by atoms with van der Waals surface area (Å²) in [7, 11) is 0. The molecular weight excluding hydrogens is 254 g/mol. The number of thiophene rings is 1. The number of hydrogen-bond acceptors (Lipinski definition) is 3. The van der Waals surface area contributed by atoms with Crippen molar-refractivity contribution in [3.8, 4) is 0 Å². The largest absolute Gasteiger partial charge is 0.311 e. The molecule has 0 aromatic carbocycles. The first-order valence-electron chi connectivity index (χ1n) is 5.75. The fourth-order valence-corrected chi connectivity index (χ4v) is 2.66. The van der Waals surface area contributed by atoms with Crippen LogP contribution in [0.15, 0.2) is 24.4 Å². The topological polar surface area (TPSA) is 29.9 Å². The Kier molecular flexibility index (Phi) is 4.59. The normalized spacial score (nSPS) is 10.9. The van der Waals surface area contributed by atoms with Crippen LogP contribution in [-0.2, 0) is 13.1 Å². The van der Waals surface area contributed by atoms with Crippen molar-refractivity contribution in [2.75, 3.05) is 6.54 Å². The lowest BCUT2D eigenvalue weighted by Crippen LogP contribution is -2.14. The van der Waals surface area contributed by atoms with Crippen LogP contribution in [0.4, 0.5) is 0 Å². The third-order valence-electron chi connectivity index (χ3n) is 2.38. The van der Waals surface area contributed by atoms with Crippen LogP contribution in [0.3, 0.4) is 0 Å². The molecule has 1 N–H and O–H groups in total. The van der Waals surface area contributed by atoms with Crippen LogP contribution < -0.4 is 5.32 Å². The number of halogens is 1. The second kappa shape index (κ2) is 6.19. The quantitative estimate of drug-likeness (QED) is 0.817. The Morgan fingerprint density at radius 3 is 3.00 bits per heavy atom. The fraction of sp³-hybridized carbons (Fsp3) is 0.417. The van der Waals surface area contributed by atoms with Crippen molar-refractivity contribution in [2.45, 2.75) is 26.4 Å². The van der Waals surface area contributed by atoms with E-state index in [4.69, 9.17) is 11.6 Å². The standard InChI is InChI=1S/C12H16ClN3S/c1-2-6-14-8-10-5-7-16(15-10)9-11-3-4-12(13)17-11/h3-5,7,14H,2,6,8-9H2,1H3. The molecular formula is C12H16ClN3S. The number of nitrogens with one attached hydrogen (secondary N) is 1. The summed E-state index contributed by atoms with van der Waals surface area (Å²) < 4.78 is 2.78. The van der Waals surface area contributed by atoms with Crippen molar-refractivity contribution in [3.05, 3.63) is 39.3 Å². The smallest absolute Gasteiger partial charge is 0.0931 e. The molecule has 0 bridgehead atoms. The lowest BCUT2D eigenvalue weighted by molar-refractivity contribution is 0.631. The average Bonchev–Trinajstić information content (AvgIpc) is 2.90. The van der Waals surface area contributed by atoms with Gasteiger partial charge in [-0.3, -0.25) is 4.68 Å². The van der Waals surface area contributed by atoms with Crippen molar-refractivity contribution in [1.29, 1.82) is 0 Å². The molecule has 2 heterocycles. The minimum absolute atomic E-state index is 0.797. The van der Waals surface area contributed by atoms with Crippen LogP contribution in [0.2, 0.25) is 4.34 Å². The highest BCUT2D eigenvalue weighted by Crippen LogP contribution is 2.21.